The molecule has 0 aliphatic heterocycles. The smallest absolute Gasteiger partial charge is 0.0637 e. The van der Waals surface area contributed by atoms with Crippen LogP contribution < -0.4 is 28.3 Å². The third-order valence-corrected chi connectivity index (χ3v) is 12.6. The molecule has 8 atom stereocenters. The number of nitrogens with two attached hydrogens (primary N) is 4. The summed E-state index contributed by atoms with van der Waals surface area (Å²) in [7, 11) is 0. The van der Waals surface area contributed by atoms with Crippen LogP contribution in [0.5, 0.6) is 0 Å². The minimum atomic E-state index is 0.145. The van der Waals surface area contributed by atoms with Crippen molar-refractivity contribution in [2.24, 2.45) is 63.4 Å². The van der Waals surface area contributed by atoms with Gasteiger partial charge in [-0.2, -0.15) is 0 Å². The quantitative estimate of drug-likeness (QED) is 0.0962. The van der Waals surface area contributed by atoms with E-state index in [1.165, 1.54) is 38.5 Å². The molecule has 1 unspecified atom stereocenters. The van der Waals surface area contributed by atoms with Crippen molar-refractivity contribution >= 4 is 0 Å². The second kappa shape index (κ2) is 20.3. The first-order valence-electron chi connectivity index (χ1n) is 19.2. The van der Waals surface area contributed by atoms with Crippen molar-refractivity contribution in [1.29, 1.82) is 0 Å². The van der Waals surface area contributed by atoms with Gasteiger partial charge in [-0.1, -0.05) is 27.7 Å². The minimum Gasteiger partial charge on any atom is -0.378 e. The molecule has 8 heteroatoms. The molecule has 3 fully saturated rings. The van der Waals surface area contributed by atoms with Gasteiger partial charge in [0.1, 0.15) is 0 Å². The zero-order valence-corrected chi connectivity index (χ0v) is 29.9. The van der Waals surface area contributed by atoms with Gasteiger partial charge in [-0.25, -0.2) is 0 Å². The average molecular weight is 638 g/mol. The summed E-state index contributed by atoms with van der Waals surface area (Å²) in [4.78, 5) is 0. The van der Waals surface area contributed by atoms with Crippen LogP contribution in [0.2, 0.25) is 0 Å². The Morgan fingerprint density at radius 1 is 0.756 bits per heavy atom. The van der Waals surface area contributed by atoms with Gasteiger partial charge >= 0.3 is 0 Å². The maximum atomic E-state index is 7.01. The van der Waals surface area contributed by atoms with E-state index in [0.717, 1.165) is 90.8 Å². The molecule has 3 aliphatic carbocycles. The Hall–Kier alpha value is -0.320. The van der Waals surface area contributed by atoms with Gasteiger partial charge in [-0.05, 0) is 164 Å². The molecule has 3 rings (SSSR count). The topological polar surface area (TPSA) is 144 Å². The summed E-state index contributed by atoms with van der Waals surface area (Å²) in [5, 5.41) is 3.60. The molecule has 0 aromatic carbocycles. The zero-order valence-electron chi connectivity index (χ0n) is 29.9. The van der Waals surface area contributed by atoms with Crippen LogP contribution in [-0.4, -0.2) is 77.4 Å². The summed E-state index contributed by atoms with van der Waals surface area (Å²) in [6, 6.07) is 0. The molecule has 3 aliphatic rings. The molecule has 0 bridgehead atoms. The lowest BCUT2D eigenvalue weighted by Gasteiger charge is -2.60. The summed E-state index contributed by atoms with van der Waals surface area (Å²) in [5.74, 6) is 3.06. The Bertz CT molecular complexity index is 781. The molecule has 45 heavy (non-hydrogen) atoms. The van der Waals surface area contributed by atoms with Crippen LogP contribution in [0.3, 0.4) is 0 Å². The SMILES string of the molecule is CC[C@@H](OCCCN)C1[C@@H](C2(C)CCC(OCCCN)CC2)C[C@H](OCCCN)[C@]2(C)[C@@H]([C@H](C)CCCNCCCN)CC[C@@H]12. The molecule has 0 amide bonds. The van der Waals surface area contributed by atoms with Crippen LogP contribution in [0.4, 0.5) is 0 Å². The van der Waals surface area contributed by atoms with Crippen molar-refractivity contribution in [3.8, 4) is 0 Å². The van der Waals surface area contributed by atoms with Gasteiger partial charge in [-0.15, -0.1) is 0 Å². The molecule has 8 nitrogen and oxygen atoms in total. The maximum Gasteiger partial charge on any atom is 0.0637 e. The standard InChI is InChI=1S/C37H75N5O3/c1-5-33(44-25-9-20-40)35-31-13-12-30(28(2)11-6-22-42-23-7-18-38)37(31,4)34(45-26-10-21-41)27-32(35)36(3)16-14-29(15-17-36)43-24-8-19-39/h28-35,42H,5-27,38-41H2,1-4H3/t28-,29?,30-,31+,32+,33-,34+,35?,36?,37-/m1/s1. The second-order valence-electron chi connectivity index (χ2n) is 15.4. The van der Waals surface area contributed by atoms with Gasteiger partial charge in [0.15, 0.2) is 0 Å². The highest BCUT2D eigenvalue weighted by Crippen LogP contribution is 2.66. The van der Waals surface area contributed by atoms with Crippen molar-refractivity contribution < 1.29 is 14.2 Å². The molecular formula is C37H75N5O3. The van der Waals surface area contributed by atoms with Gasteiger partial charge in [0.25, 0.3) is 0 Å². The molecule has 0 spiro atoms. The van der Waals surface area contributed by atoms with Crippen LogP contribution in [0.1, 0.15) is 118 Å². The Morgan fingerprint density at radius 2 is 1.38 bits per heavy atom. The number of rotatable bonds is 23. The normalized spacial score (nSPS) is 34.9. The van der Waals surface area contributed by atoms with Crippen molar-refractivity contribution in [3.63, 3.8) is 0 Å². The summed E-state index contributed by atoms with van der Waals surface area (Å²) < 4.78 is 20.1. The third kappa shape index (κ3) is 10.3. The molecular weight excluding hydrogens is 562 g/mol. The fourth-order valence-corrected chi connectivity index (χ4v) is 10.0. The van der Waals surface area contributed by atoms with E-state index >= 15 is 0 Å². The van der Waals surface area contributed by atoms with Crippen LogP contribution in [0.15, 0.2) is 0 Å². The van der Waals surface area contributed by atoms with E-state index in [4.69, 9.17) is 37.1 Å². The van der Waals surface area contributed by atoms with Crippen LogP contribution in [-0.2, 0) is 14.2 Å². The van der Waals surface area contributed by atoms with Gasteiger partial charge in [-0.3, -0.25) is 0 Å². The van der Waals surface area contributed by atoms with Crippen molar-refractivity contribution in [3.05, 3.63) is 0 Å². The number of hydrogen-bond acceptors (Lipinski definition) is 8. The summed E-state index contributed by atoms with van der Waals surface area (Å²) in [6.45, 7) is 17.4. The highest BCUT2D eigenvalue weighted by molar-refractivity contribution is 5.12. The summed E-state index contributed by atoms with van der Waals surface area (Å²) in [6.07, 6.45) is 16.8. The van der Waals surface area contributed by atoms with E-state index in [0.29, 0.717) is 55.3 Å². The molecule has 0 radical (unpaired) electrons. The van der Waals surface area contributed by atoms with Gasteiger partial charge in [0.05, 0.1) is 18.3 Å². The Labute approximate surface area is 277 Å². The largest absolute Gasteiger partial charge is 0.378 e. The Kier molecular flexibility index (Phi) is 17.6. The van der Waals surface area contributed by atoms with E-state index in [1.807, 2.05) is 0 Å². The number of hydrogen-bond donors (Lipinski definition) is 5. The predicted octanol–water partition coefficient (Wildman–Crippen LogP) is 5.20. The van der Waals surface area contributed by atoms with E-state index in [9.17, 15) is 0 Å². The van der Waals surface area contributed by atoms with Crippen molar-refractivity contribution in [2.75, 3.05) is 59.1 Å². The molecule has 9 N–H and O–H groups in total. The first-order valence-corrected chi connectivity index (χ1v) is 19.2. The molecule has 0 aromatic heterocycles. The Morgan fingerprint density at radius 3 is 2.02 bits per heavy atom. The highest BCUT2D eigenvalue weighted by Gasteiger charge is 2.63. The first kappa shape index (κ1) is 39.1. The van der Waals surface area contributed by atoms with Crippen molar-refractivity contribution in [1.82, 2.24) is 5.32 Å². The van der Waals surface area contributed by atoms with E-state index < -0.39 is 0 Å². The van der Waals surface area contributed by atoms with Gasteiger partial charge in [0, 0.05) is 25.2 Å². The minimum absolute atomic E-state index is 0.145. The number of fused-ring (bicyclic) bond motifs is 1. The van der Waals surface area contributed by atoms with Crippen LogP contribution in [0.25, 0.3) is 0 Å². The molecule has 0 saturated heterocycles. The lowest BCUT2D eigenvalue weighted by molar-refractivity contribution is -0.191. The Balaban J connectivity index is 1.88. The molecule has 3 saturated carbocycles. The van der Waals surface area contributed by atoms with E-state index in [-0.39, 0.29) is 23.0 Å². The predicted molar refractivity (Wildman–Crippen MR) is 188 cm³/mol. The summed E-state index contributed by atoms with van der Waals surface area (Å²) in [5.41, 5.74) is 23.8. The fourth-order valence-electron chi connectivity index (χ4n) is 10.0. The molecule has 0 aromatic rings. The van der Waals surface area contributed by atoms with Gasteiger partial charge in [0.2, 0.25) is 0 Å². The van der Waals surface area contributed by atoms with Crippen LogP contribution in [0, 0.1) is 40.4 Å². The van der Waals surface area contributed by atoms with Crippen molar-refractivity contribution in [2.45, 2.75) is 136 Å². The molecule has 266 valence electrons. The van der Waals surface area contributed by atoms with E-state index in [2.05, 4.69) is 33.0 Å². The average Bonchev–Trinajstić information content (AvgIpc) is 3.40. The highest BCUT2D eigenvalue weighted by atomic mass is 16.5. The van der Waals surface area contributed by atoms with E-state index in [1.54, 1.807) is 0 Å². The lowest BCUT2D eigenvalue weighted by Crippen LogP contribution is -2.59. The zero-order chi connectivity index (χ0) is 32.7. The number of ether oxygens (including phenoxy) is 3. The summed E-state index contributed by atoms with van der Waals surface area (Å²) >= 11 is 0. The monoisotopic (exact) mass is 638 g/mol. The fraction of sp³-hybridized carbons (Fsp3) is 1.00. The first-order chi connectivity index (χ1) is 21.8. The van der Waals surface area contributed by atoms with Gasteiger partial charge < -0.3 is 42.5 Å². The van der Waals surface area contributed by atoms with Crippen LogP contribution >= 0.6 is 0 Å². The lowest BCUT2D eigenvalue weighted by atomic mass is 9.48. The molecule has 0 heterocycles. The second-order valence-corrected chi connectivity index (χ2v) is 15.4. The number of nitrogens with one attached hydrogen (secondary N) is 1. The third-order valence-electron chi connectivity index (χ3n) is 12.6. The maximum absolute atomic E-state index is 7.01.